The summed E-state index contributed by atoms with van der Waals surface area (Å²) in [6.07, 6.45) is 1.38. The van der Waals surface area contributed by atoms with Crippen LogP contribution in [0.5, 0.6) is 0 Å². The van der Waals surface area contributed by atoms with Gasteiger partial charge in [-0.2, -0.15) is 0 Å². The van der Waals surface area contributed by atoms with Crippen LogP contribution < -0.4 is 5.43 Å². The number of aromatic amines is 1. The SMILES string of the molecule is COC(=O)c1c[nH]c2c(C)c(Br)ccc2c1=O. The summed E-state index contributed by atoms with van der Waals surface area (Å²) in [5.74, 6) is -0.631. The summed E-state index contributed by atoms with van der Waals surface area (Å²) in [7, 11) is 1.25. The minimum atomic E-state index is -0.631. The Labute approximate surface area is 106 Å². The quantitative estimate of drug-likeness (QED) is 0.822. The van der Waals surface area contributed by atoms with Crippen molar-refractivity contribution in [2.45, 2.75) is 6.92 Å². The molecule has 0 fully saturated rings. The summed E-state index contributed by atoms with van der Waals surface area (Å²) in [6, 6.07) is 3.46. The molecule has 88 valence electrons. The number of carbonyl (C=O) groups excluding carboxylic acids is 1. The maximum Gasteiger partial charge on any atom is 0.343 e. The summed E-state index contributed by atoms with van der Waals surface area (Å²) in [5.41, 5.74) is 1.34. The van der Waals surface area contributed by atoms with E-state index >= 15 is 0 Å². The monoisotopic (exact) mass is 295 g/mol. The molecule has 4 nitrogen and oxygen atoms in total. The summed E-state index contributed by atoms with van der Waals surface area (Å²) in [5, 5.41) is 0.480. The zero-order valence-corrected chi connectivity index (χ0v) is 10.9. The predicted molar refractivity (Wildman–Crippen MR) is 68.3 cm³/mol. The van der Waals surface area contributed by atoms with E-state index in [0.29, 0.717) is 5.39 Å². The van der Waals surface area contributed by atoms with Crippen LogP contribution in [0.3, 0.4) is 0 Å². The third-order valence-corrected chi connectivity index (χ3v) is 3.51. The molecule has 0 amide bonds. The molecule has 0 aliphatic heterocycles. The van der Waals surface area contributed by atoms with E-state index in [1.165, 1.54) is 13.3 Å². The number of H-pyrrole nitrogens is 1. The van der Waals surface area contributed by atoms with Crippen molar-refractivity contribution in [1.82, 2.24) is 4.98 Å². The lowest BCUT2D eigenvalue weighted by atomic mass is 10.1. The van der Waals surface area contributed by atoms with Crippen molar-refractivity contribution in [1.29, 1.82) is 0 Å². The molecule has 17 heavy (non-hydrogen) atoms. The predicted octanol–water partition coefficient (Wildman–Crippen LogP) is 2.39. The number of ether oxygens (including phenoxy) is 1. The number of benzene rings is 1. The molecule has 0 aliphatic rings. The van der Waals surface area contributed by atoms with Gasteiger partial charge in [-0.15, -0.1) is 0 Å². The molecule has 1 aromatic heterocycles. The number of fused-ring (bicyclic) bond motifs is 1. The van der Waals surface area contributed by atoms with E-state index in [-0.39, 0.29) is 11.0 Å². The highest BCUT2D eigenvalue weighted by Gasteiger charge is 2.14. The van der Waals surface area contributed by atoms with E-state index in [4.69, 9.17) is 0 Å². The topological polar surface area (TPSA) is 59.2 Å². The van der Waals surface area contributed by atoms with Crippen molar-refractivity contribution < 1.29 is 9.53 Å². The second kappa shape index (κ2) is 4.33. The number of esters is 1. The first-order chi connectivity index (χ1) is 8.06. The molecule has 2 rings (SSSR count). The minimum absolute atomic E-state index is 0.0155. The van der Waals surface area contributed by atoms with Gasteiger partial charge in [0.25, 0.3) is 0 Å². The lowest BCUT2D eigenvalue weighted by Crippen LogP contribution is -2.17. The van der Waals surface area contributed by atoms with E-state index in [1.54, 1.807) is 12.1 Å². The van der Waals surface area contributed by atoms with Crippen LogP contribution in [0.15, 0.2) is 27.6 Å². The van der Waals surface area contributed by atoms with Crippen molar-refractivity contribution in [2.24, 2.45) is 0 Å². The molecular formula is C12H10BrNO3. The summed E-state index contributed by atoms with van der Waals surface area (Å²) in [6.45, 7) is 1.89. The van der Waals surface area contributed by atoms with Gasteiger partial charge >= 0.3 is 5.97 Å². The van der Waals surface area contributed by atoms with Gasteiger partial charge in [0.1, 0.15) is 5.56 Å². The van der Waals surface area contributed by atoms with Gasteiger partial charge in [-0.1, -0.05) is 15.9 Å². The van der Waals surface area contributed by atoms with Crippen LogP contribution in [0, 0.1) is 6.92 Å². The van der Waals surface area contributed by atoms with E-state index < -0.39 is 5.97 Å². The van der Waals surface area contributed by atoms with E-state index in [1.807, 2.05) is 6.92 Å². The summed E-state index contributed by atoms with van der Waals surface area (Å²) < 4.78 is 5.46. The molecular weight excluding hydrogens is 286 g/mol. The summed E-state index contributed by atoms with van der Waals surface area (Å²) >= 11 is 3.39. The number of rotatable bonds is 1. The lowest BCUT2D eigenvalue weighted by Gasteiger charge is -2.05. The van der Waals surface area contributed by atoms with Crippen molar-refractivity contribution in [3.8, 4) is 0 Å². The van der Waals surface area contributed by atoms with Crippen molar-refractivity contribution in [2.75, 3.05) is 7.11 Å². The Balaban J connectivity index is 2.83. The van der Waals surface area contributed by atoms with E-state index in [9.17, 15) is 9.59 Å². The second-order valence-corrected chi connectivity index (χ2v) is 4.47. The van der Waals surface area contributed by atoms with Crippen LogP contribution in [0.1, 0.15) is 15.9 Å². The molecule has 0 saturated heterocycles. The highest BCUT2D eigenvalue weighted by atomic mass is 79.9. The largest absolute Gasteiger partial charge is 0.465 e. The van der Waals surface area contributed by atoms with Crippen LogP contribution in [0.2, 0.25) is 0 Å². The molecule has 0 saturated carbocycles. The number of carbonyl (C=O) groups is 1. The Kier molecular flexibility index (Phi) is 3.02. The van der Waals surface area contributed by atoms with Gasteiger partial charge in [-0.05, 0) is 24.6 Å². The van der Waals surface area contributed by atoms with Crippen LogP contribution >= 0.6 is 15.9 Å². The molecule has 0 bridgehead atoms. The first kappa shape index (κ1) is 11.9. The maximum atomic E-state index is 12.1. The van der Waals surface area contributed by atoms with E-state index in [0.717, 1.165) is 15.6 Å². The Morgan fingerprint density at radius 3 is 2.76 bits per heavy atom. The fraction of sp³-hybridized carbons (Fsp3) is 0.167. The first-order valence-electron chi connectivity index (χ1n) is 4.95. The average molecular weight is 296 g/mol. The Morgan fingerprint density at radius 1 is 1.41 bits per heavy atom. The van der Waals surface area contributed by atoms with Crippen LogP contribution in [-0.4, -0.2) is 18.1 Å². The lowest BCUT2D eigenvalue weighted by molar-refractivity contribution is 0.0599. The molecule has 0 radical (unpaired) electrons. The number of pyridine rings is 1. The number of halogens is 1. The molecule has 5 heteroatoms. The van der Waals surface area contributed by atoms with Crippen molar-refractivity contribution >= 4 is 32.8 Å². The fourth-order valence-electron chi connectivity index (χ4n) is 1.68. The summed E-state index contributed by atoms with van der Waals surface area (Å²) in [4.78, 5) is 26.4. The van der Waals surface area contributed by atoms with Gasteiger partial charge < -0.3 is 9.72 Å². The third kappa shape index (κ3) is 1.86. The van der Waals surface area contributed by atoms with Crippen LogP contribution in [0.4, 0.5) is 0 Å². The van der Waals surface area contributed by atoms with Gasteiger partial charge in [0.2, 0.25) is 5.43 Å². The Bertz CT molecular complexity index is 661. The molecule has 2 aromatic rings. The molecule has 0 spiro atoms. The molecule has 0 atom stereocenters. The fourth-order valence-corrected chi connectivity index (χ4v) is 2.01. The highest BCUT2D eigenvalue weighted by Crippen LogP contribution is 2.22. The van der Waals surface area contributed by atoms with Crippen LogP contribution in [0.25, 0.3) is 10.9 Å². The number of aryl methyl sites for hydroxylation is 1. The van der Waals surface area contributed by atoms with Gasteiger partial charge in [0.15, 0.2) is 0 Å². The Hall–Kier alpha value is -1.62. The van der Waals surface area contributed by atoms with Gasteiger partial charge in [0, 0.05) is 16.1 Å². The maximum absolute atomic E-state index is 12.1. The smallest absolute Gasteiger partial charge is 0.343 e. The zero-order chi connectivity index (χ0) is 12.6. The second-order valence-electron chi connectivity index (χ2n) is 3.62. The number of methoxy groups -OCH3 is 1. The molecule has 1 N–H and O–H groups in total. The van der Waals surface area contributed by atoms with Crippen LogP contribution in [-0.2, 0) is 4.74 Å². The molecule has 0 aliphatic carbocycles. The van der Waals surface area contributed by atoms with E-state index in [2.05, 4.69) is 25.7 Å². The van der Waals surface area contributed by atoms with Gasteiger partial charge in [-0.3, -0.25) is 4.79 Å². The third-order valence-electron chi connectivity index (χ3n) is 2.65. The number of hydrogen-bond acceptors (Lipinski definition) is 3. The Morgan fingerprint density at radius 2 is 2.12 bits per heavy atom. The molecule has 1 aromatic carbocycles. The highest BCUT2D eigenvalue weighted by molar-refractivity contribution is 9.10. The minimum Gasteiger partial charge on any atom is -0.465 e. The number of aromatic nitrogens is 1. The molecule has 0 unspecified atom stereocenters. The van der Waals surface area contributed by atoms with Crippen molar-refractivity contribution in [3.63, 3.8) is 0 Å². The standard InChI is InChI=1S/C12H10BrNO3/c1-6-9(13)4-3-7-10(6)14-5-8(11(7)15)12(16)17-2/h3-5H,1-2H3,(H,14,15). The zero-order valence-electron chi connectivity index (χ0n) is 9.33. The van der Waals surface area contributed by atoms with Crippen molar-refractivity contribution in [3.05, 3.63) is 44.2 Å². The average Bonchev–Trinajstić information content (AvgIpc) is 2.33. The number of nitrogens with one attached hydrogen (secondary N) is 1. The van der Waals surface area contributed by atoms with Gasteiger partial charge in [0.05, 0.1) is 12.6 Å². The first-order valence-corrected chi connectivity index (χ1v) is 5.74. The normalized spacial score (nSPS) is 10.5. The molecule has 1 heterocycles. The number of hydrogen-bond donors (Lipinski definition) is 1. The van der Waals surface area contributed by atoms with Gasteiger partial charge in [-0.25, -0.2) is 4.79 Å².